The predicted molar refractivity (Wildman–Crippen MR) is 41.5 cm³/mol. The average Bonchev–Trinajstić information content (AvgIpc) is 1.84. The van der Waals surface area contributed by atoms with Gasteiger partial charge in [-0.05, 0) is 6.92 Å². The lowest BCUT2D eigenvalue weighted by Gasteiger charge is -2.13. The highest BCUT2D eigenvalue weighted by Crippen LogP contribution is 1.95. The third kappa shape index (κ3) is 2.51. The molecule has 0 heterocycles. The van der Waals surface area contributed by atoms with E-state index >= 15 is 0 Å². The van der Waals surface area contributed by atoms with Crippen molar-refractivity contribution in [1.29, 1.82) is 0 Å². The van der Waals surface area contributed by atoms with Crippen molar-refractivity contribution < 1.29 is 0 Å². The fourth-order valence-corrected chi connectivity index (χ4v) is 0.462. The highest BCUT2D eigenvalue weighted by Gasteiger charge is 2.08. The second-order valence-electron chi connectivity index (χ2n) is 2.01. The summed E-state index contributed by atoms with van der Waals surface area (Å²) in [7, 11) is 3.59. The van der Waals surface area contributed by atoms with Crippen LogP contribution in [-0.4, -0.2) is 30.0 Å². The summed E-state index contributed by atoms with van der Waals surface area (Å²) >= 11 is 4.83. The van der Waals surface area contributed by atoms with Crippen LogP contribution in [0.3, 0.4) is 0 Å². The lowest BCUT2D eigenvalue weighted by molar-refractivity contribution is 0.607. The Hall–Kier alpha value is -0.510. The fraction of sp³-hybridized carbons (Fsp3) is 0.800. The van der Waals surface area contributed by atoms with E-state index in [0.29, 0.717) is 4.99 Å². The molecule has 1 unspecified atom stereocenters. The third-order valence-corrected chi connectivity index (χ3v) is 1.66. The lowest BCUT2D eigenvalue weighted by Crippen LogP contribution is -2.28. The van der Waals surface area contributed by atoms with Crippen LogP contribution >= 0.6 is 12.2 Å². The van der Waals surface area contributed by atoms with E-state index < -0.39 is 0 Å². The van der Waals surface area contributed by atoms with Crippen LogP contribution in [0.2, 0.25) is 0 Å². The van der Waals surface area contributed by atoms with E-state index in [2.05, 4.69) is 5.18 Å². The van der Waals surface area contributed by atoms with Crippen molar-refractivity contribution in [2.75, 3.05) is 14.1 Å². The minimum absolute atomic E-state index is 0.380. The van der Waals surface area contributed by atoms with Gasteiger partial charge < -0.3 is 4.90 Å². The normalized spacial score (nSPS) is 12.3. The number of thiocarbonyl (C=S) groups is 1. The van der Waals surface area contributed by atoms with E-state index in [9.17, 15) is 4.91 Å². The van der Waals surface area contributed by atoms with Crippen molar-refractivity contribution >= 4 is 17.2 Å². The first kappa shape index (κ1) is 8.49. The van der Waals surface area contributed by atoms with Crippen LogP contribution in [0.25, 0.3) is 0 Å². The zero-order chi connectivity index (χ0) is 7.44. The average molecular weight is 146 g/mol. The van der Waals surface area contributed by atoms with Crippen LogP contribution in [-0.2, 0) is 0 Å². The maximum absolute atomic E-state index is 9.89. The number of likely N-dealkylation sites (N-methyl/N-ethyl adjacent to an activating group) is 1. The lowest BCUT2D eigenvalue weighted by atomic mass is 10.3. The monoisotopic (exact) mass is 146 g/mol. The summed E-state index contributed by atoms with van der Waals surface area (Å²) < 4.78 is 0. The van der Waals surface area contributed by atoms with Crippen LogP contribution in [0.4, 0.5) is 0 Å². The first-order chi connectivity index (χ1) is 4.09. The van der Waals surface area contributed by atoms with Crippen LogP contribution in [0, 0.1) is 4.91 Å². The summed E-state index contributed by atoms with van der Waals surface area (Å²) in [5.41, 5.74) is 0. The number of rotatable bonds is 2. The van der Waals surface area contributed by atoms with Gasteiger partial charge in [0, 0.05) is 14.1 Å². The molecular formula is C5H10N2OS. The number of nitroso groups, excluding NO2 is 1. The quantitative estimate of drug-likeness (QED) is 0.431. The Kier molecular flexibility index (Phi) is 3.30. The Morgan fingerprint density at radius 3 is 2.22 bits per heavy atom. The molecule has 0 radical (unpaired) electrons. The molecule has 0 saturated heterocycles. The Labute approximate surface area is 60.0 Å². The van der Waals surface area contributed by atoms with E-state index in [1.54, 1.807) is 25.9 Å². The minimum atomic E-state index is -0.380. The minimum Gasteiger partial charge on any atom is -0.370 e. The summed E-state index contributed by atoms with van der Waals surface area (Å²) in [6, 6.07) is -0.380. The van der Waals surface area contributed by atoms with Crippen molar-refractivity contribution in [3.8, 4) is 0 Å². The van der Waals surface area contributed by atoms with Gasteiger partial charge >= 0.3 is 0 Å². The third-order valence-electron chi connectivity index (χ3n) is 0.956. The van der Waals surface area contributed by atoms with Gasteiger partial charge in [0.1, 0.15) is 11.0 Å². The van der Waals surface area contributed by atoms with Crippen molar-refractivity contribution in [1.82, 2.24) is 4.90 Å². The topological polar surface area (TPSA) is 32.7 Å². The van der Waals surface area contributed by atoms with E-state index in [-0.39, 0.29) is 6.04 Å². The van der Waals surface area contributed by atoms with Gasteiger partial charge in [-0.15, -0.1) is 0 Å². The Balaban J connectivity index is 3.87. The maximum atomic E-state index is 9.89. The van der Waals surface area contributed by atoms with E-state index in [4.69, 9.17) is 12.2 Å². The Bertz CT molecular complexity index is 124. The van der Waals surface area contributed by atoms with Crippen molar-refractivity contribution in [2.24, 2.45) is 5.18 Å². The second kappa shape index (κ2) is 3.50. The van der Waals surface area contributed by atoms with Crippen molar-refractivity contribution in [3.63, 3.8) is 0 Å². The van der Waals surface area contributed by atoms with E-state index in [0.717, 1.165) is 0 Å². The molecule has 1 atom stereocenters. The molecule has 0 amide bonds. The molecule has 3 nitrogen and oxygen atoms in total. The van der Waals surface area contributed by atoms with Crippen molar-refractivity contribution in [3.05, 3.63) is 4.91 Å². The highest BCUT2D eigenvalue weighted by molar-refractivity contribution is 7.80. The molecule has 0 spiro atoms. The van der Waals surface area contributed by atoms with Crippen molar-refractivity contribution in [2.45, 2.75) is 13.0 Å². The molecule has 9 heavy (non-hydrogen) atoms. The van der Waals surface area contributed by atoms with Crippen LogP contribution in [0.1, 0.15) is 6.92 Å². The van der Waals surface area contributed by atoms with Gasteiger partial charge in [0.05, 0.1) is 0 Å². The number of hydrogen-bond acceptors (Lipinski definition) is 3. The largest absolute Gasteiger partial charge is 0.370 e. The van der Waals surface area contributed by atoms with Crippen LogP contribution in [0.15, 0.2) is 5.18 Å². The maximum Gasteiger partial charge on any atom is 0.139 e. The molecular weight excluding hydrogens is 136 g/mol. The number of nitrogens with zero attached hydrogens (tertiary/aromatic N) is 2. The van der Waals surface area contributed by atoms with Crippen LogP contribution < -0.4 is 0 Å². The standard InChI is InChI=1S/C5H10N2OS/c1-4(6-8)5(9)7(2)3/h4H,1-3H3. The van der Waals surface area contributed by atoms with Gasteiger partial charge in [0.25, 0.3) is 0 Å². The molecule has 0 aromatic heterocycles. The van der Waals surface area contributed by atoms with Gasteiger partial charge in [-0.2, -0.15) is 4.91 Å². The highest BCUT2D eigenvalue weighted by atomic mass is 32.1. The second-order valence-corrected chi connectivity index (χ2v) is 2.43. The molecule has 52 valence electrons. The van der Waals surface area contributed by atoms with Gasteiger partial charge in [0.15, 0.2) is 0 Å². The molecule has 0 aromatic rings. The summed E-state index contributed by atoms with van der Waals surface area (Å²) in [4.78, 5) is 12.2. The zero-order valence-corrected chi connectivity index (χ0v) is 6.60. The molecule has 0 aliphatic rings. The van der Waals surface area contributed by atoms with Gasteiger partial charge in [-0.25, -0.2) is 0 Å². The molecule has 4 heteroatoms. The molecule has 0 bridgehead atoms. The Morgan fingerprint density at radius 1 is 1.67 bits per heavy atom. The summed E-state index contributed by atoms with van der Waals surface area (Å²) in [5.74, 6) is 0. The predicted octanol–water partition coefficient (Wildman–Crippen LogP) is 1.03. The molecule has 0 aromatic carbocycles. The fourth-order valence-electron chi connectivity index (χ4n) is 0.419. The van der Waals surface area contributed by atoms with E-state index in [1.807, 2.05) is 0 Å². The zero-order valence-electron chi connectivity index (χ0n) is 5.79. The van der Waals surface area contributed by atoms with E-state index in [1.165, 1.54) is 0 Å². The molecule has 0 N–H and O–H groups in total. The summed E-state index contributed by atoms with van der Waals surface area (Å²) in [6.45, 7) is 1.68. The Morgan fingerprint density at radius 2 is 2.11 bits per heavy atom. The van der Waals surface area contributed by atoms with Gasteiger partial charge in [-0.1, -0.05) is 17.4 Å². The SMILES string of the molecule is CC(N=O)C(=S)N(C)C. The number of hydrogen-bond donors (Lipinski definition) is 0. The van der Waals surface area contributed by atoms with Gasteiger partial charge in [-0.3, -0.25) is 0 Å². The summed E-state index contributed by atoms with van der Waals surface area (Å²) in [5, 5.41) is 2.78. The smallest absolute Gasteiger partial charge is 0.139 e. The van der Waals surface area contributed by atoms with Gasteiger partial charge in [0.2, 0.25) is 0 Å². The van der Waals surface area contributed by atoms with Crippen LogP contribution in [0.5, 0.6) is 0 Å². The molecule has 0 rings (SSSR count). The first-order valence-corrected chi connectivity index (χ1v) is 3.04. The summed E-state index contributed by atoms with van der Waals surface area (Å²) in [6.07, 6.45) is 0. The molecule has 0 aliphatic heterocycles. The molecule has 0 fully saturated rings. The molecule has 0 aliphatic carbocycles. The molecule has 0 saturated carbocycles. The first-order valence-electron chi connectivity index (χ1n) is 2.63.